The average molecular weight is 648 g/mol. The first-order valence-electron chi connectivity index (χ1n) is 17.1. The average Bonchev–Trinajstić information content (AvgIpc) is 3.63. The Morgan fingerprint density at radius 1 is 1.02 bits per heavy atom. The lowest BCUT2D eigenvalue weighted by atomic mass is 9.99. The van der Waals surface area contributed by atoms with Gasteiger partial charge in [0, 0.05) is 55.0 Å². The maximum absolute atomic E-state index is 13.8. The number of piperidine rings is 2. The molecule has 7 heterocycles. The molecular formula is C33H45N9O5. The van der Waals surface area contributed by atoms with Gasteiger partial charge in [-0.1, -0.05) is 12.2 Å². The van der Waals surface area contributed by atoms with Crippen molar-refractivity contribution in [2.24, 2.45) is 5.92 Å². The Bertz CT molecular complexity index is 1540. The summed E-state index contributed by atoms with van der Waals surface area (Å²) in [5.74, 6) is -0.117. The maximum atomic E-state index is 13.8. The number of nitrogens with zero attached hydrogens (tertiary/aromatic N) is 5. The van der Waals surface area contributed by atoms with E-state index in [9.17, 15) is 14.4 Å². The van der Waals surface area contributed by atoms with E-state index >= 15 is 0 Å². The number of methoxy groups -OCH3 is 1. The van der Waals surface area contributed by atoms with Crippen LogP contribution in [0.5, 0.6) is 0 Å². The molecule has 0 saturated carbocycles. The summed E-state index contributed by atoms with van der Waals surface area (Å²) < 4.78 is 13.2. The van der Waals surface area contributed by atoms with Crippen molar-refractivity contribution in [2.45, 2.75) is 75.5 Å². The molecule has 6 unspecified atom stereocenters. The highest BCUT2D eigenvalue weighted by Crippen LogP contribution is 2.34. The first-order chi connectivity index (χ1) is 23.0. The largest absolute Gasteiger partial charge is 0.453 e. The molecule has 2 bridgehead atoms. The van der Waals surface area contributed by atoms with Gasteiger partial charge in [-0.15, -0.1) is 0 Å². The molecule has 5 fully saturated rings. The number of aromatic nitrogens is 1. The van der Waals surface area contributed by atoms with Crippen LogP contribution in [-0.2, 0) is 19.1 Å². The number of nitrogens with one attached hydrogen (secondary N) is 4. The molecule has 3 amide bonds. The number of hydrogen-bond donors (Lipinski definition) is 4. The molecule has 2 aromatic rings. The highest BCUT2D eigenvalue weighted by molar-refractivity contribution is 5.84. The smallest absolute Gasteiger partial charge is 0.409 e. The van der Waals surface area contributed by atoms with Gasteiger partial charge in [0.05, 0.1) is 38.0 Å². The van der Waals surface area contributed by atoms with Crippen molar-refractivity contribution >= 4 is 34.5 Å². The number of morpholine rings is 1. The number of hydrogen-bond acceptors (Lipinski definition) is 10. The van der Waals surface area contributed by atoms with Crippen LogP contribution in [0, 0.1) is 5.92 Å². The predicted octanol–water partition coefficient (Wildman–Crippen LogP) is 1.55. The standard InChI is InChI=1S/C33H45N9O5/c1-46-33(45)38-15-11-23(12-16-38)39-17-10-21-18-22(6-7-25(21)39)35-32-34-19-24-29(37-32)42-27-9-8-26-30(36-27)40(28(43)20-47-26)13-4-2-3-5-14-41(42)31(24)44/h3,5-7,10,17-18,23-24,26-27,29-30,32,34-37H,2,4,8-9,11-16,19-20H2,1H3/b5-3-. The van der Waals surface area contributed by atoms with Gasteiger partial charge in [-0.05, 0) is 62.8 Å². The number of fused-ring (bicyclic) bond motifs is 6. The lowest BCUT2D eigenvalue weighted by Crippen LogP contribution is -2.72. The molecule has 4 N–H and O–H groups in total. The van der Waals surface area contributed by atoms with Gasteiger partial charge >= 0.3 is 6.09 Å². The predicted molar refractivity (Wildman–Crippen MR) is 173 cm³/mol. The van der Waals surface area contributed by atoms with Gasteiger partial charge < -0.3 is 29.2 Å². The van der Waals surface area contributed by atoms with E-state index in [2.05, 4.69) is 73.5 Å². The number of carbonyl (C=O) groups is 3. The summed E-state index contributed by atoms with van der Waals surface area (Å²) in [6.07, 6.45) is 10.4. The summed E-state index contributed by atoms with van der Waals surface area (Å²) in [6, 6.07) is 8.89. The van der Waals surface area contributed by atoms with Crippen molar-refractivity contribution in [1.29, 1.82) is 0 Å². The highest BCUT2D eigenvalue weighted by Gasteiger charge is 2.53. The Hall–Kier alpha value is -3.69. The van der Waals surface area contributed by atoms with E-state index in [0.29, 0.717) is 38.8 Å². The summed E-state index contributed by atoms with van der Waals surface area (Å²) in [4.78, 5) is 42.3. The molecule has 0 aliphatic carbocycles. The summed E-state index contributed by atoms with van der Waals surface area (Å²) in [6.45, 7) is 3.26. The van der Waals surface area contributed by atoms with E-state index in [0.717, 1.165) is 49.6 Å². The summed E-state index contributed by atoms with van der Waals surface area (Å²) in [5.41, 5.74) is 2.14. The van der Waals surface area contributed by atoms with Gasteiger partial charge in [0.2, 0.25) is 11.8 Å². The van der Waals surface area contributed by atoms with Crippen molar-refractivity contribution < 1.29 is 23.9 Å². The normalized spacial score (nSPS) is 32.7. The molecule has 47 heavy (non-hydrogen) atoms. The van der Waals surface area contributed by atoms with Crippen LogP contribution in [0.2, 0.25) is 0 Å². The fourth-order valence-corrected chi connectivity index (χ4v) is 8.37. The minimum atomic E-state index is -0.256. The van der Waals surface area contributed by atoms with Crippen molar-refractivity contribution in [3.63, 3.8) is 0 Å². The second-order valence-electron chi connectivity index (χ2n) is 13.4. The third-order valence-corrected chi connectivity index (χ3v) is 10.8. The quantitative estimate of drug-likeness (QED) is 0.364. The van der Waals surface area contributed by atoms with Gasteiger partial charge in [-0.2, -0.15) is 5.01 Å². The van der Waals surface area contributed by atoms with Crippen LogP contribution in [0.1, 0.15) is 44.6 Å². The number of anilines is 1. The van der Waals surface area contributed by atoms with Crippen molar-refractivity contribution in [3.8, 4) is 0 Å². The monoisotopic (exact) mass is 647 g/mol. The van der Waals surface area contributed by atoms with Gasteiger partial charge in [0.15, 0.2) is 0 Å². The molecular weight excluding hydrogens is 602 g/mol. The van der Waals surface area contributed by atoms with Gasteiger partial charge in [-0.3, -0.25) is 30.5 Å². The van der Waals surface area contributed by atoms with E-state index in [1.807, 2.05) is 9.91 Å². The number of benzene rings is 1. The van der Waals surface area contributed by atoms with Gasteiger partial charge in [-0.25, -0.2) is 4.79 Å². The van der Waals surface area contributed by atoms with Crippen molar-refractivity contribution in [1.82, 2.24) is 40.3 Å². The second kappa shape index (κ2) is 12.7. The first kappa shape index (κ1) is 30.6. The van der Waals surface area contributed by atoms with Crippen LogP contribution in [0.4, 0.5) is 10.5 Å². The van der Waals surface area contributed by atoms with Crippen LogP contribution >= 0.6 is 0 Å². The molecule has 252 valence electrons. The van der Waals surface area contributed by atoms with Gasteiger partial charge in [0.1, 0.15) is 19.1 Å². The molecule has 6 atom stereocenters. The minimum absolute atomic E-state index is 0.0215. The topological polar surface area (TPSA) is 136 Å². The Morgan fingerprint density at radius 3 is 2.74 bits per heavy atom. The number of likely N-dealkylation sites (tertiary alicyclic amines) is 1. The molecule has 1 aromatic carbocycles. The lowest BCUT2D eigenvalue weighted by molar-refractivity contribution is -0.176. The first-order valence-corrected chi connectivity index (χ1v) is 17.1. The van der Waals surface area contributed by atoms with Crippen LogP contribution < -0.4 is 21.3 Å². The van der Waals surface area contributed by atoms with Crippen LogP contribution in [0.15, 0.2) is 42.6 Å². The molecule has 6 aliphatic heterocycles. The fraction of sp³-hybridized carbons (Fsp3) is 0.606. The zero-order chi connectivity index (χ0) is 32.1. The molecule has 14 nitrogen and oxygen atoms in total. The van der Waals surface area contributed by atoms with E-state index in [1.54, 1.807) is 4.90 Å². The molecule has 1 aromatic heterocycles. The Morgan fingerprint density at radius 2 is 1.89 bits per heavy atom. The minimum Gasteiger partial charge on any atom is -0.453 e. The Labute approximate surface area is 274 Å². The number of rotatable bonds is 3. The molecule has 5 saturated heterocycles. The van der Waals surface area contributed by atoms with E-state index in [4.69, 9.17) is 9.47 Å². The third kappa shape index (κ3) is 5.65. The van der Waals surface area contributed by atoms with Crippen molar-refractivity contribution in [2.75, 3.05) is 51.8 Å². The van der Waals surface area contributed by atoms with Crippen LogP contribution in [-0.4, -0.2) is 120 Å². The van der Waals surface area contributed by atoms with E-state index < -0.39 is 0 Å². The van der Waals surface area contributed by atoms with Crippen LogP contribution in [0.3, 0.4) is 0 Å². The zero-order valence-corrected chi connectivity index (χ0v) is 26.8. The summed E-state index contributed by atoms with van der Waals surface area (Å²) in [5, 5.41) is 19.8. The number of amides is 3. The molecule has 0 radical (unpaired) electrons. The number of ether oxygens (including phenoxy) is 2. The van der Waals surface area contributed by atoms with E-state index in [-0.39, 0.29) is 61.3 Å². The number of carbonyl (C=O) groups excluding carboxylic acids is 3. The second-order valence-corrected chi connectivity index (χ2v) is 13.4. The summed E-state index contributed by atoms with van der Waals surface area (Å²) in [7, 11) is 1.43. The fourth-order valence-electron chi connectivity index (χ4n) is 8.37. The maximum Gasteiger partial charge on any atom is 0.409 e. The lowest BCUT2D eigenvalue weighted by Gasteiger charge is -2.50. The molecule has 8 rings (SSSR count). The highest BCUT2D eigenvalue weighted by atomic mass is 16.5. The number of hydrazine groups is 1. The Kier molecular flexibility index (Phi) is 8.30. The van der Waals surface area contributed by atoms with E-state index in [1.165, 1.54) is 12.6 Å². The van der Waals surface area contributed by atoms with Crippen molar-refractivity contribution in [3.05, 3.63) is 42.6 Å². The Balaban J connectivity index is 0.982. The number of allylic oxidation sites excluding steroid dienone is 1. The summed E-state index contributed by atoms with van der Waals surface area (Å²) >= 11 is 0. The van der Waals surface area contributed by atoms with Gasteiger partial charge in [0.25, 0.3) is 0 Å². The third-order valence-electron chi connectivity index (χ3n) is 10.8. The molecule has 0 spiro atoms. The van der Waals surface area contributed by atoms with Crippen LogP contribution in [0.25, 0.3) is 10.9 Å². The molecule has 14 heteroatoms. The SMILES string of the molecule is COC(=O)N1CCC(n2ccc3cc(NC4NCC5C(=O)N6C/C=C\CCCN7C(=O)COC8CCC(NC87)N6C5N4)ccc32)CC1. The molecule has 6 aliphatic rings. The zero-order valence-electron chi connectivity index (χ0n) is 26.8.